The van der Waals surface area contributed by atoms with Crippen molar-refractivity contribution in [2.45, 2.75) is 0 Å². The molecule has 0 aromatic rings. The van der Waals surface area contributed by atoms with Crippen molar-refractivity contribution in [3.8, 4) is 0 Å². The van der Waals surface area contributed by atoms with Crippen LogP contribution in [-0.4, -0.2) is 53.7 Å². The minimum atomic E-state index is -0.0543. The minimum absolute atomic E-state index is 0.0543. The van der Waals surface area contributed by atoms with Gasteiger partial charge in [-0.1, -0.05) is 21.2 Å². The van der Waals surface area contributed by atoms with E-state index in [0.29, 0.717) is 11.9 Å². The quantitative estimate of drug-likeness (QED) is 0.446. The lowest BCUT2D eigenvalue weighted by Gasteiger charge is -2.18. The van der Waals surface area contributed by atoms with Crippen molar-refractivity contribution in [3.05, 3.63) is 0 Å². The Morgan fingerprint density at radius 1 is 1.08 bits per heavy atom. The fourth-order valence-corrected chi connectivity index (χ4v) is 0.810. The maximum Gasteiger partial charge on any atom is 0.0942 e. The zero-order chi connectivity index (χ0) is 9.23. The van der Waals surface area contributed by atoms with Crippen molar-refractivity contribution in [1.82, 2.24) is 5.23 Å². The van der Waals surface area contributed by atoms with E-state index in [2.05, 4.69) is 15.9 Å². The van der Waals surface area contributed by atoms with Gasteiger partial charge >= 0.3 is 0 Å². The van der Waals surface area contributed by atoms with Crippen LogP contribution in [0.4, 0.5) is 0 Å². The molecule has 0 atom stereocenters. The predicted molar refractivity (Wildman–Crippen MR) is 46.6 cm³/mol. The molecule has 5 nitrogen and oxygen atoms in total. The number of aliphatic hydroxyl groups excluding tert-OH is 2. The first-order valence-corrected chi connectivity index (χ1v) is 4.78. The molecule has 0 amide bonds. The molecule has 0 spiro atoms. The van der Waals surface area contributed by atoms with Crippen molar-refractivity contribution in [2.75, 3.05) is 38.3 Å². The summed E-state index contributed by atoms with van der Waals surface area (Å²) in [6.07, 6.45) is 0. The van der Waals surface area contributed by atoms with Crippen LogP contribution in [0.15, 0.2) is 0 Å². The van der Waals surface area contributed by atoms with E-state index in [4.69, 9.17) is 19.9 Å². The molecule has 74 valence electrons. The molecule has 0 fully saturated rings. The molecule has 2 N–H and O–H groups in total. The van der Waals surface area contributed by atoms with Crippen molar-refractivity contribution in [2.24, 2.45) is 0 Å². The van der Waals surface area contributed by atoms with Gasteiger partial charge in [-0.25, -0.2) is 0 Å². The lowest BCUT2D eigenvalue weighted by Crippen LogP contribution is -2.29. The molecular weight excluding hydrogens is 230 g/mol. The van der Waals surface area contributed by atoms with E-state index in [0.717, 1.165) is 0 Å². The van der Waals surface area contributed by atoms with E-state index in [-0.39, 0.29) is 26.4 Å². The third-order valence-electron chi connectivity index (χ3n) is 0.920. The Kier molecular flexibility index (Phi) is 9.59. The summed E-state index contributed by atoms with van der Waals surface area (Å²) in [6.45, 7) is 0.819. The first-order chi connectivity index (χ1) is 5.85. The predicted octanol–water partition coefficient (Wildman–Crippen LogP) is -0.469. The average Bonchev–Trinajstić information content (AvgIpc) is 2.10. The van der Waals surface area contributed by atoms with Gasteiger partial charge in [-0.15, -0.1) is 0 Å². The number of rotatable bonds is 8. The van der Waals surface area contributed by atoms with Crippen LogP contribution in [0.1, 0.15) is 0 Å². The van der Waals surface area contributed by atoms with Crippen molar-refractivity contribution in [3.63, 3.8) is 0 Å². The zero-order valence-electron chi connectivity index (χ0n) is 6.78. The lowest BCUT2D eigenvalue weighted by atomic mass is 10.8. The fourth-order valence-electron chi connectivity index (χ4n) is 0.521. The zero-order valence-corrected chi connectivity index (χ0v) is 8.36. The van der Waals surface area contributed by atoms with Gasteiger partial charge in [-0.3, -0.25) is 9.68 Å². The highest BCUT2D eigenvalue weighted by Crippen LogP contribution is 1.94. The molecule has 0 aliphatic carbocycles. The third-order valence-corrected chi connectivity index (χ3v) is 1.27. The van der Waals surface area contributed by atoms with Gasteiger partial charge in [-0.05, 0) is 0 Å². The van der Waals surface area contributed by atoms with Crippen LogP contribution in [0.25, 0.3) is 0 Å². The van der Waals surface area contributed by atoms with Crippen LogP contribution in [-0.2, 0) is 9.68 Å². The summed E-state index contributed by atoms with van der Waals surface area (Å²) < 4.78 is 0. The number of nitrogens with zero attached hydrogens (tertiary/aromatic N) is 1. The molecule has 0 saturated heterocycles. The molecule has 0 bridgehead atoms. The van der Waals surface area contributed by atoms with E-state index in [1.807, 2.05) is 0 Å². The van der Waals surface area contributed by atoms with Crippen molar-refractivity contribution in [1.29, 1.82) is 0 Å². The van der Waals surface area contributed by atoms with Crippen LogP contribution in [0.3, 0.4) is 0 Å². The Balaban J connectivity index is 3.40. The minimum Gasteiger partial charge on any atom is -0.394 e. The average molecular weight is 244 g/mol. The number of alkyl halides is 1. The Hall–Kier alpha value is 0.280. The molecule has 0 aliphatic rings. The topological polar surface area (TPSA) is 62.2 Å². The normalized spacial score (nSPS) is 11.0. The largest absolute Gasteiger partial charge is 0.394 e. The summed E-state index contributed by atoms with van der Waals surface area (Å²) in [4.78, 5) is 9.91. The number of halogens is 1. The number of hydrogen-bond acceptors (Lipinski definition) is 5. The van der Waals surface area contributed by atoms with Gasteiger partial charge in [0.15, 0.2) is 0 Å². The molecular formula is C6H14BrNO4. The highest BCUT2D eigenvalue weighted by atomic mass is 79.9. The Morgan fingerprint density at radius 3 is 1.92 bits per heavy atom. The number of hydroxylamine groups is 2. The molecule has 12 heavy (non-hydrogen) atoms. The van der Waals surface area contributed by atoms with E-state index in [1.54, 1.807) is 0 Å². The smallest absolute Gasteiger partial charge is 0.0942 e. The lowest BCUT2D eigenvalue weighted by molar-refractivity contribution is -0.368. The molecule has 0 aromatic carbocycles. The summed E-state index contributed by atoms with van der Waals surface area (Å²) in [5, 5.41) is 18.8. The summed E-state index contributed by atoms with van der Waals surface area (Å²) in [5.41, 5.74) is 0. The van der Waals surface area contributed by atoms with E-state index in [1.165, 1.54) is 5.23 Å². The van der Waals surface area contributed by atoms with E-state index < -0.39 is 0 Å². The fraction of sp³-hybridized carbons (Fsp3) is 1.00. The first-order valence-electron chi connectivity index (χ1n) is 3.66. The standard InChI is InChI=1S/C6H14BrNO4/c7-1-2-8(11-5-3-9)12-6-4-10/h9-10H,1-6H2. The van der Waals surface area contributed by atoms with Gasteiger partial charge in [0.05, 0.1) is 33.0 Å². The molecule has 0 saturated carbocycles. The van der Waals surface area contributed by atoms with Crippen molar-refractivity contribution >= 4 is 15.9 Å². The van der Waals surface area contributed by atoms with Crippen molar-refractivity contribution < 1.29 is 19.9 Å². The monoisotopic (exact) mass is 243 g/mol. The second-order valence-electron chi connectivity index (χ2n) is 1.86. The highest BCUT2D eigenvalue weighted by molar-refractivity contribution is 9.09. The molecule has 6 heteroatoms. The Bertz CT molecular complexity index is 87.6. The van der Waals surface area contributed by atoms with Crippen LogP contribution in [0.2, 0.25) is 0 Å². The summed E-state index contributed by atoms with van der Waals surface area (Å²) in [5.74, 6) is 0. The van der Waals surface area contributed by atoms with Gasteiger partial charge < -0.3 is 10.2 Å². The Morgan fingerprint density at radius 2 is 1.58 bits per heavy atom. The molecule has 0 unspecified atom stereocenters. The van der Waals surface area contributed by atoms with Gasteiger partial charge in [0, 0.05) is 5.33 Å². The molecule has 0 heterocycles. The maximum absolute atomic E-state index is 8.44. The van der Waals surface area contributed by atoms with E-state index >= 15 is 0 Å². The highest BCUT2D eigenvalue weighted by Gasteiger charge is 2.03. The molecule has 0 rings (SSSR count). The third kappa shape index (κ3) is 6.96. The second-order valence-corrected chi connectivity index (χ2v) is 2.65. The second kappa shape index (κ2) is 9.37. The number of hydrogen-bond donors (Lipinski definition) is 2. The maximum atomic E-state index is 8.44. The van der Waals surface area contributed by atoms with Crippen LogP contribution < -0.4 is 0 Å². The molecule has 0 aliphatic heterocycles. The van der Waals surface area contributed by atoms with Gasteiger partial charge in [-0.2, -0.15) is 0 Å². The summed E-state index contributed by atoms with van der Waals surface area (Å²) in [6, 6.07) is 0. The van der Waals surface area contributed by atoms with Crippen LogP contribution in [0.5, 0.6) is 0 Å². The first kappa shape index (κ1) is 12.3. The summed E-state index contributed by atoms with van der Waals surface area (Å²) >= 11 is 3.21. The van der Waals surface area contributed by atoms with Gasteiger partial charge in [0.1, 0.15) is 0 Å². The van der Waals surface area contributed by atoms with Gasteiger partial charge in [0.25, 0.3) is 0 Å². The van der Waals surface area contributed by atoms with Crippen LogP contribution >= 0.6 is 15.9 Å². The molecule has 0 aromatic heterocycles. The van der Waals surface area contributed by atoms with Crippen LogP contribution in [0, 0.1) is 0 Å². The number of aliphatic hydroxyl groups is 2. The summed E-state index contributed by atoms with van der Waals surface area (Å²) in [7, 11) is 0. The molecule has 0 radical (unpaired) electrons. The van der Waals surface area contributed by atoms with Gasteiger partial charge in [0.2, 0.25) is 0 Å². The Labute approximate surface area is 79.9 Å². The van der Waals surface area contributed by atoms with E-state index in [9.17, 15) is 0 Å². The SMILES string of the molecule is OCCON(CCBr)OCCO.